The first kappa shape index (κ1) is 20.9. The fourth-order valence-electron chi connectivity index (χ4n) is 2.49. The van der Waals surface area contributed by atoms with E-state index in [1.54, 1.807) is 16.8 Å². The van der Waals surface area contributed by atoms with Crippen LogP contribution in [0.5, 0.6) is 17.4 Å². The monoisotopic (exact) mass is 413 g/mol. The van der Waals surface area contributed by atoms with Crippen LogP contribution in [0.3, 0.4) is 0 Å². The molecule has 0 saturated carbocycles. The molecule has 8 nitrogen and oxygen atoms in total. The van der Waals surface area contributed by atoms with Gasteiger partial charge in [-0.3, -0.25) is 0 Å². The lowest BCUT2D eigenvalue weighted by molar-refractivity contribution is 0.314. The molecule has 0 aliphatic carbocycles. The van der Waals surface area contributed by atoms with E-state index in [1.165, 1.54) is 21.3 Å². The van der Waals surface area contributed by atoms with E-state index in [0.29, 0.717) is 39.8 Å². The average molecular weight is 414 g/mol. The highest BCUT2D eigenvalue weighted by atomic mass is 35.5. The first-order valence-corrected chi connectivity index (χ1v) is 8.87. The van der Waals surface area contributed by atoms with Crippen LogP contribution in [-0.4, -0.2) is 40.8 Å². The van der Waals surface area contributed by atoms with Gasteiger partial charge in [0.25, 0.3) is 5.88 Å². The Kier molecular flexibility index (Phi) is 6.92. The maximum absolute atomic E-state index is 6.43. The topological polar surface area (TPSA) is 97.3 Å². The molecule has 0 aromatic carbocycles. The molecule has 0 fully saturated rings. The Morgan fingerprint density at radius 3 is 2.26 bits per heavy atom. The van der Waals surface area contributed by atoms with Gasteiger partial charge in [-0.15, -0.1) is 0 Å². The summed E-state index contributed by atoms with van der Waals surface area (Å²) < 4.78 is 17.7. The molecule has 27 heavy (non-hydrogen) atoms. The van der Waals surface area contributed by atoms with E-state index in [9.17, 15) is 0 Å². The number of pyridine rings is 1. The highest BCUT2D eigenvalue weighted by molar-refractivity contribution is 6.34. The van der Waals surface area contributed by atoms with Crippen LogP contribution in [0, 0.1) is 0 Å². The molecule has 3 aromatic rings. The highest BCUT2D eigenvalue weighted by Crippen LogP contribution is 2.42. The number of aromatic nitrogens is 4. The molecule has 0 atom stereocenters. The maximum Gasteiger partial charge on any atom is 0.261 e. The van der Waals surface area contributed by atoms with E-state index >= 15 is 0 Å². The van der Waals surface area contributed by atoms with Crippen molar-refractivity contribution in [1.82, 2.24) is 19.5 Å². The van der Waals surface area contributed by atoms with Gasteiger partial charge in [-0.2, -0.15) is 4.98 Å². The van der Waals surface area contributed by atoms with Crippen LogP contribution < -0.4 is 19.9 Å². The van der Waals surface area contributed by atoms with Crippen molar-refractivity contribution in [3.05, 3.63) is 28.1 Å². The number of rotatable bonds is 5. The van der Waals surface area contributed by atoms with Gasteiger partial charge in [0.05, 0.1) is 39.0 Å². The molecule has 2 N–H and O–H groups in total. The number of nitrogen functional groups attached to an aromatic ring is 1. The van der Waals surface area contributed by atoms with Gasteiger partial charge >= 0.3 is 0 Å². The van der Waals surface area contributed by atoms with Crippen LogP contribution in [0.15, 0.2) is 12.3 Å². The smallest absolute Gasteiger partial charge is 0.261 e. The second kappa shape index (κ2) is 8.96. The van der Waals surface area contributed by atoms with Crippen molar-refractivity contribution in [2.24, 2.45) is 0 Å². The summed E-state index contributed by atoms with van der Waals surface area (Å²) in [6.07, 6.45) is 1.80. The molecule has 3 aromatic heterocycles. The van der Waals surface area contributed by atoms with Crippen LogP contribution in [0.4, 0.5) is 5.95 Å². The minimum absolute atomic E-state index is 0.0846. The number of halogens is 2. The zero-order chi connectivity index (χ0) is 20.1. The predicted molar refractivity (Wildman–Crippen MR) is 106 cm³/mol. The van der Waals surface area contributed by atoms with Gasteiger partial charge in [0.2, 0.25) is 11.7 Å². The SMILES string of the molecule is CC.COc1nc(Cn2ccc3c(Cl)nc(N)nc32)c(Cl)c(OC)c1OC. The van der Waals surface area contributed by atoms with E-state index in [-0.39, 0.29) is 17.0 Å². The summed E-state index contributed by atoms with van der Waals surface area (Å²) in [4.78, 5) is 12.6. The van der Waals surface area contributed by atoms with Crippen LogP contribution in [-0.2, 0) is 6.54 Å². The van der Waals surface area contributed by atoms with Gasteiger partial charge in [-0.25, -0.2) is 9.97 Å². The predicted octanol–water partition coefficient (Wildman–Crippen LogP) is 3.82. The standard InChI is InChI=1S/C15H15Cl2N5O3.C2H6/c1-23-10-9(16)8(19-14(25-3)11(10)24-2)6-22-5-4-7-12(17)20-15(18)21-13(7)22;1-2/h4-5H,6H2,1-3H3,(H2,18,20,21);1-2H3. The van der Waals surface area contributed by atoms with E-state index in [4.69, 9.17) is 43.1 Å². The Morgan fingerprint density at radius 1 is 1.00 bits per heavy atom. The Labute approximate surface area is 167 Å². The third-order valence-corrected chi connectivity index (χ3v) is 4.28. The second-order valence-electron chi connectivity index (χ2n) is 5.00. The summed E-state index contributed by atoms with van der Waals surface area (Å²) >= 11 is 12.5. The molecule has 0 unspecified atom stereocenters. The summed E-state index contributed by atoms with van der Waals surface area (Å²) in [5, 5.41) is 1.28. The lowest BCUT2D eigenvalue weighted by Crippen LogP contribution is -2.07. The summed E-state index contributed by atoms with van der Waals surface area (Å²) in [5.74, 6) is 1.02. The third-order valence-electron chi connectivity index (χ3n) is 3.60. The Morgan fingerprint density at radius 2 is 1.67 bits per heavy atom. The lowest BCUT2D eigenvalue weighted by atomic mass is 10.3. The van der Waals surface area contributed by atoms with E-state index in [0.717, 1.165) is 0 Å². The van der Waals surface area contributed by atoms with Crippen LogP contribution in [0.25, 0.3) is 11.0 Å². The number of hydrogen-bond donors (Lipinski definition) is 1. The van der Waals surface area contributed by atoms with Crippen molar-refractivity contribution in [3.8, 4) is 17.4 Å². The maximum atomic E-state index is 6.43. The van der Waals surface area contributed by atoms with Gasteiger partial charge in [0, 0.05) is 6.20 Å². The van der Waals surface area contributed by atoms with Crippen LogP contribution in [0.2, 0.25) is 10.2 Å². The molecule has 0 amide bonds. The molecule has 3 rings (SSSR count). The minimum atomic E-state index is 0.0846. The highest BCUT2D eigenvalue weighted by Gasteiger charge is 2.22. The van der Waals surface area contributed by atoms with Crippen LogP contribution in [0.1, 0.15) is 19.5 Å². The van der Waals surface area contributed by atoms with Crippen molar-refractivity contribution >= 4 is 40.2 Å². The largest absolute Gasteiger partial charge is 0.491 e. The number of nitrogens with zero attached hydrogens (tertiary/aromatic N) is 4. The number of anilines is 1. The van der Waals surface area contributed by atoms with Crippen LogP contribution >= 0.6 is 23.2 Å². The molecule has 0 saturated heterocycles. The van der Waals surface area contributed by atoms with E-state index in [2.05, 4.69) is 15.0 Å². The average Bonchev–Trinajstić information content (AvgIpc) is 3.07. The van der Waals surface area contributed by atoms with E-state index < -0.39 is 0 Å². The zero-order valence-electron chi connectivity index (χ0n) is 15.7. The quantitative estimate of drug-likeness (QED) is 0.634. The zero-order valence-corrected chi connectivity index (χ0v) is 17.2. The lowest BCUT2D eigenvalue weighted by Gasteiger charge is -2.16. The van der Waals surface area contributed by atoms with Gasteiger partial charge in [-0.05, 0) is 6.07 Å². The molecular formula is C17H21Cl2N5O3. The first-order valence-electron chi connectivity index (χ1n) is 8.12. The third kappa shape index (κ3) is 3.96. The van der Waals surface area contributed by atoms with Gasteiger partial charge in [-0.1, -0.05) is 37.0 Å². The van der Waals surface area contributed by atoms with E-state index in [1.807, 2.05) is 13.8 Å². The van der Waals surface area contributed by atoms with Gasteiger partial charge in [0.15, 0.2) is 5.75 Å². The minimum Gasteiger partial charge on any atom is -0.491 e. The molecule has 0 bridgehead atoms. The fraction of sp³-hybridized carbons (Fsp3) is 0.353. The van der Waals surface area contributed by atoms with Gasteiger partial charge < -0.3 is 24.5 Å². The number of fused-ring (bicyclic) bond motifs is 1. The molecule has 3 heterocycles. The molecule has 146 valence electrons. The first-order chi connectivity index (χ1) is 13.0. The normalized spacial score (nSPS) is 10.3. The van der Waals surface area contributed by atoms with Crippen molar-refractivity contribution in [2.45, 2.75) is 20.4 Å². The summed E-state index contributed by atoms with van der Waals surface area (Å²) in [6, 6.07) is 1.79. The molecule has 0 radical (unpaired) electrons. The Hall–Kier alpha value is -2.45. The summed E-state index contributed by atoms with van der Waals surface area (Å²) in [7, 11) is 4.46. The molecular weight excluding hydrogens is 393 g/mol. The summed E-state index contributed by atoms with van der Waals surface area (Å²) in [5.41, 5.74) is 6.78. The molecule has 0 aliphatic rings. The fourth-order valence-corrected chi connectivity index (χ4v) is 2.99. The van der Waals surface area contributed by atoms with Gasteiger partial charge in [0.1, 0.15) is 15.8 Å². The van der Waals surface area contributed by atoms with Crippen molar-refractivity contribution in [1.29, 1.82) is 0 Å². The number of hydrogen-bond acceptors (Lipinski definition) is 7. The number of methoxy groups -OCH3 is 3. The second-order valence-corrected chi connectivity index (χ2v) is 5.74. The van der Waals surface area contributed by atoms with Crippen molar-refractivity contribution in [2.75, 3.05) is 27.1 Å². The molecule has 0 spiro atoms. The molecule has 10 heteroatoms. The Balaban J connectivity index is 0.00000126. The molecule has 0 aliphatic heterocycles. The summed E-state index contributed by atoms with van der Waals surface area (Å²) in [6.45, 7) is 4.30. The van der Waals surface area contributed by atoms with Crippen molar-refractivity contribution < 1.29 is 14.2 Å². The Bertz CT molecular complexity index is 946. The van der Waals surface area contributed by atoms with Crippen molar-refractivity contribution in [3.63, 3.8) is 0 Å². The number of ether oxygens (including phenoxy) is 3. The number of nitrogens with two attached hydrogens (primary N) is 1.